The van der Waals surface area contributed by atoms with Crippen LogP contribution in [0.2, 0.25) is 0 Å². The largest absolute Gasteiger partial charge is 0.372 e. The summed E-state index contributed by atoms with van der Waals surface area (Å²) in [6, 6.07) is 0.359. The van der Waals surface area contributed by atoms with Crippen LogP contribution in [0.1, 0.15) is 36.2 Å². The monoisotopic (exact) mass is 246 g/mol. The maximum absolute atomic E-state index is 12.1. The Kier molecular flexibility index (Phi) is 2.89. The van der Waals surface area contributed by atoms with Gasteiger partial charge in [0.05, 0.1) is 12.4 Å². The van der Waals surface area contributed by atoms with E-state index in [9.17, 15) is 4.79 Å². The highest BCUT2D eigenvalue weighted by molar-refractivity contribution is 5.92. The summed E-state index contributed by atoms with van der Waals surface area (Å²) in [5, 5.41) is 6.03. The van der Waals surface area contributed by atoms with Crippen LogP contribution in [-0.4, -0.2) is 29.0 Å². The highest BCUT2D eigenvalue weighted by atomic mass is 16.2. The van der Waals surface area contributed by atoms with Crippen molar-refractivity contribution in [1.29, 1.82) is 0 Å². The minimum absolute atomic E-state index is 0.0941. The first-order chi connectivity index (χ1) is 8.78. The number of aromatic nitrogens is 2. The Morgan fingerprint density at radius 2 is 1.94 bits per heavy atom. The molecule has 96 valence electrons. The van der Waals surface area contributed by atoms with Crippen LogP contribution in [0.5, 0.6) is 0 Å². The zero-order valence-electron chi connectivity index (χ0n) is 10.5. The molecule has 2 saturated carbocycles. The van der Waals surface area contributed by atoms with Gasteiger partial charge in [0.2, 0.25) is 0 Å². The van der Waals surface area contributed by atoms with Crippen molar-refractivity contribution in [3.05, 3.63) is 18.1 Å². The fraction of sp³-hybridized carbons (Fsp3) is 0.615. The molecule has 0 radical (unpaired) electrons. The van der Waals surface area contributed by atoms with Gasteiger partial charge in [-0.15, -0.1) is 0 Å². The zero-order chi connectivity index (χ0) is 12.5. The Morgan fingerprint density at radius 1 is 1.28 bits per heavy atom. The van der Waals surface area contributed by atoms with Crippen molar-refractivity contribution in [3.63, 3.8) is 0 Å². The first-order valence-corrected chi connectivity index (χ1v) is 6.58. The topological polar surface area (TPSA) is 66.9 Å². The van der Waals surface area contributed by atoms with E-state index < -0.39 is 0 Å². The highest BCUT2D eigenvalue weighted by Gasteiger charge is 2.42. The van der Waals surface area contributed by atoms with Crippen molar-refractivity contribution in [2.24, 2.45) is 11.8 Å². The number of carbonyl (C=O) groups is 1. The predicted octanol–water partition coefficient (Wildman–Crippen LogP) is 1.44. The summed E-state index contributed by atoms with van der Waals surface area (Å²) in [7, 11) is 1.77. The number of anilines is 1. The van der Waals surface area contributed by atoms with Crippen LogP contribution in [-0.2, 0) is 0 Å². The van der Waals surface area contributed by atoms with Gasteiger partial charge < -0.3 is 10.6 Å². The minimum Gasteiger partial charge on any atom is -0.372 e. The molecule has 18 heavy (non-hydrogen) atoms. The molecule has 2 aliphatic rings. The van der Waals surface area contributed by atoms with Crippen molar-refractivity contribution in [2.75, 3.05) is 12.4 Å². The van der Waals surface area contributed by atoms with Gasteiger partial charge in [0.15, 0.2) is 0 Å². The first-order valence-electron chi connectivity index (χ1n) is 6.58. The molecule has 1 amide bonds. The van der Waals surface area contributed by atoms with Crippen LogP contribution in [0.15, 0.2) is 12.4 Å². The van der Waals surface area contributed by atoms with Crippen molar-refractivity contribution in [1.82, 2.24) is 15.3 Å². The summed E-state index contributed by atoms with van der Waals surface area (Å²) in [4.78, 5) is 20.4. The number of nitrogens with zero attached hydrogens (tertiary/aromatic N) is 2. The van der Waals surface area contributed by atoms with Gasteiger partial charge in [0.1, 0.15) is 11.5 Å². The second-order valence-corrected chi connectivity index (χ2v) is 5.21. The summed E-state index contributed by atoms with van der Waals surface area (Å²) in [5.74, 6) is 1.92. The lowest BCUT2D eigenvalue weighted by atomic mass is 10.1. The fourth-order valence-electron chi connectivity index (χ4n) is 2.35. The van der Waals surface area contributed by atoms with E-state index >= 15 is 0 Å². The van der Waals surface area contributed by atoms with Gasteiger partial charge in [-0.1, -0.05) is 0 Å². The summed E-state index contributed by atoms with van der Waals surface area (Å²) >= 11 is 0. The SMILES string of the molecule is CNc1cncc(C(=O)NC(C2CC2)C2CC2)n1. The molecule has 0 unspecified atom stereocenters. The van der Waals surface area contributed by atoms with Crippen molar-refractivity contribution >= 4 is 11.7 Å². The van der Waals surface area contributed by atoms with E-state index in [-0.39, 0.29) is 5.91 Å². The lowest BCUT2D eigenvalue weighted by molar-refractivity contribution is 0.0921. The molecule has 0 spiro atoms. The van der Waals surface area contributed by atoms with Gasteiger partial charge in [-0.3, -0.25) is 9.78 Å². The molecule has 2 fully saturated rings. The summed E-state index contributed by atoms with van der Waals surface area (Å²) in [6.45, 7) is 0. The van der Waals surface area contributed by atoms with Gasteiger partial charge in [-0.2, -0.15) is 0 Å². The maximum atomic E-state index is 12.1. The molecule has 0 saturated heterocycles. The third-order valence-corrected chi connectivity index (χ3v) is 3.68. The molecule has 5 heteroatoms. The molecule has 0 bridgehead atoms. The van der Waals surface area contributed by atoms with Gasteiger partial charge in [0, 0.05) is 13.1 Å². The smallest absolute Gasteiger partial charge is 0.271 e. The number of hydrogen-bond acceptors (Lipinski definition) is 4. The fourth-order valence-corrected chi connectivity index (χ4v) is 2.35. The van der Waals surface area contributed by atoms with Crippen LogP contribution >= 0.6 is 0 Å². The molecule has 1 aromatic heterocycles. The Hall–Kier alpha value is -1.65. The molecule has 0 atom stereocenters. The standard InChI is InChI=1S/C13H18N4O/c1-14-11-7-15-6-10(16-11)13(18)17-12(8-2-3-8)9-4-5-9/h6-9,12H,2-5H2,1H3,(H,14,16)(H,17,18). The summed E-state index contributed by atoms with van der Waals surface area (Å²) < 4.78 is 0. The van der Waals surface area contributed by atoms with Crippen molar-refractivity contribution in [3.8, 4) is 0 Å². The molecular weight excluding hydrogens is 228 g/mol. The summed E-state index contributed by atoms with van der Waals surface area (Å²) in [5.41, 5.74) is 0.396. The third kappa shape index (κ3) is 2.44. The number of carbonyl (C=O) groups excluding carboxylic acids is 1. The quantitative estimate of drug-likeness (QED) is 0.825. The first kappa shape index (κ1) is 11.4. The number of hydrogen-bond donors (Lipinski definition) is 2. The van der Waals surface area contributed by atoms with Gasteiger partial charge >= 0.3 is 0 Å². The minimum atomic E-state index is -0.0941. The number of nitrogens with one attached hydrogen (secondary N) is 2. The Bertz CT molecular complexity index is 442. The molecule has 0 aliphatic heterocycles. The highest BCUT2D eigenvalue weighted by Crippen LogP contribution is 2.44. The van der Waals surface area contributed by atoms with Crippen molar-refractivity contribution in [2.45, 2.75) is 31.7 Å². The summed E-state index contributed by atoms with van der Waals surface area (Å²) in [6.07, 6.45) is 8.14. The molecule has 0 aromatic carbocycles. The van der Waals surface area contributed by atoms with Crippen LogP contribution in [0, 0.1) is 11.8 Å². The predicted molar refractivity (Wildman–Crippen MR) is 68.3 cm³/mol. The molecule has 5 nitrogen and oxygen atoms in total. The van der Waals surface area contributed by atoms with E-state index in [1.54, 1.807) is 13.2 Å². The Morgan fingerprint density at radius 3 is 2.50 bits per heavy atom. The van der Waals surface area contributed by atoms with E-state index in [1.165, 1.54) is 31.9 Å². The van der Waals surface area contributed by atoms with Gasteiger partial charge in [-0.05, 0) is 37.5 Å². The number of rotatable bonds is 5. The molecule has 1 heterocycles. The molecule has 1 aromatic rings. The van der Waals surface area contributed by atoms with Crippen LogP contribution in [0.25, 0.3) is 0 Å². The normalized spacial score (nSPS) is 18.8. The third-order valence-electron chi connectivity index (χ3n) is 3.68. The van der Waals surface area contributed by atoms with E-state index in [1.807, 2.05) is 0 Å². The van der Waals surface area contributed by atoms with Crippen LogP contribution in [0.4, 0.5) is 5.82 Å². The van der Waals surface area contributed by atoms with Crippen molar-refractivity contribution < 1.29 is 4.79 Å². The van der Waals surface area contributed by atoms with E-state index in [0.29, 0.717) is 29.4 Å². The Labute approximate surface area is 106 Å². The maximum Gasteiger partial charge on any atom is 0.271 e. The molecule has 2 aliphatic carbocycles. The lowest BCUT2D eigenvalue weighted by Crippen LogP contribution is -2.38. The molecular formula is C13H18N4O. The zero-order valence-corrected chi connectivity index (χ0v) is 10.5. The van der Waals surface area contributed by atoms with Gasteiger partial charge in [0.25, 0.3) is 5.91 Å². The second-order valence-electron chi connectivity index (χ2n) is 5.21. The van der Waals surface area contributed by atoms with E-state index in [0.717, 1.165) is 0 Å². The lowest BCUT2D eigenvalue weighted by Gasteiger charge is -2.17. The number of amides is 1. The Balaban J connectivity index is 1.69. The average Bonchev–Trinajstić information content (AvgIpc) is 3.29. The van der Waals surface area contributed by atoms with Gasteiger partial charge in [-0.25, -0.2) is 4.98 Å². The van der Waals surface area contributed by atoms with Crippen LogP contribution < -0.4 is 10.6 Å². The van der Waals surface area contributed by atoms with E-state index in [4.69, 9.17) is 0 Å². The molecule has 2 N–H and O–H groups in total. The van der Waals surface area contributed by atoms with Crippen LogP contribution in [0.3, 0.4) is 0 Å². The second kappa shape index (κ2) is 4.55. The molecule has 3 rings (SSSR count). The van der Waals surface area contributed by atoms with E-state index in [2.05, 4.69) is 20.6 Å². The average molecular weight is 246 g/mol.